The van der Waals surface area contributed by atoms with Gasteiger partial charge in [0.15, 0.2) is 11.5 Å². The average Bonchev–Trinajstić information content (AvgIpc) is 3.29. The number of carbonyl (C=O) groups excluding carboxylic acids is 1. The third-order valence-corrected chi connectivity index (χ3v) is 5.02. The van der Waals surface area contributed by atoms with Gasteiger partial charge < -0.3 is 0 Å². The number of anilines is 1. The molecule has 4 rings (SSSR count). The Morgan fingerprint density at radius 1 is 1.11 bits per heavy atom. The Morgan fingerprint density at radius 2 is 1.85 bits per heavy atom. The van der Waals surface area contributed by atoms with Gasteiger partial charge in [-0.05, 0) is 43.3 Å². The quantitative estimate of drug-likeness (QED) is 0.515. The van der Waals surface area contributed by atoms with Crippen molar-refractivity contribution in [3.63, 3.8) is 0 Å². The van der Waals surface area contributed by atoms with E-state index in [1.54, 1.807) is 16.8 Å². The van der Waals surface area contributed by atoms with E-state index in [1.165, 1.54) is 0 Å². The van der Waals surface area contributed by atoms with Gasteiger partial charge in [0.2, 0.25) is 5.13 Å². The molecule has 0 atom stereocenters. The second-order valence-electron chi connectivity index (χ2n) is 5.65. The van der Waals surface area contributed by atoms with E-state index in [4.69, 9.17) is 0 Å². The van der Waals surface area contributed by atoms with Gasteiger partial charge in [0.05, 0.1) is 11.4 Å². The number of benzene rings is 2. The van der Waals surface area contributed by atoms with Crippen LogP contribution in [-0.2, 0) is 0 Å². The van der Waals surface area contributed by atoms with E-state index in [9.17, 15) is 4.79 Å². The van der Waals surface area contributed by atoms with Gasteiger partial charge in [0, 0.05) is 21.6 Å². The first-order chi connectivity index (χ1) is 13.1. The number of nitrogens with zero attached hydrogens (tertiary/aromatic N) is 5. The van der Waals surface area contributed by atoms with Crippen LogP contribution in [-0.4, -0.2) is 30.3 Å². The molecule has 134 valence electrons. The predicted molar refractivity (Wildman–Crippen MR) is 107 cm³/mol. The van der Waals surface area contributed by atoms with Gasteiger partial charge in [-0.3, -0.25) is 10.1 Å². The Bertz CT molecular complexity index is 1090. The van der Waals surface area contributed by atoms with Gasteiger partial charge in [0.25, 0.3) is 5.91 Å². The molecule has 0 aliphatic heterocycles. The summed E-state index contributed by atoms with van der Waals surface area (Å²) in [6.45, 7) is 1.90. The molecule has 7 nitrogen and oxygen atoms in total. The molecule has 4 aromatic rings. The van der Waals surface area contributed by atoms with Crippen molar-refractivity contribution >= 4 is 38.5 Å². The number of halogens is 1. The van der Waals surface area contributed by atoms with Gasteiger partial charge >= 0.3 is 0 Å². The molecule has 2 heterocycles. The average molecular weight is 441 g/mol. The van der Waals surface area contributed by atoms with E-state index in [0.29, 0.717) is 22.2 Å². The Balaban J connectivity index is 1.57. The Morgan fingerprint density at radius 3 is 2.59 bits per heavy atom. The molecule has 2 aromatic heterocycles. The summed E-state index contributed by atoms with van der Waals surface area (Å²) in [5.41, 5.74) is 2.85. The topological polar surface area (TPSA) is 85.6 Å². The molecule has 0 spiro atoms. The maximum atomic E-state index is 12.2. The number of hydrogen-bond acceptors (Lipinski definition) is 6. The van der Waals surface area contributed by atoms with Crippen molar-refractivity contribution in [2.75, 3.05) is 5.32 Å². The van der Waals surface area contributed by atoms with Crippen molar-refractivity contribution in [1.29, 1.82) is 0 Å². The van der Waals surface area contributed by atoms with Crippen LogP contribution in [0.5, 0.6) is 0 Å². The van der Waals surface area contributed by atoms with Crippen LogP contribution >= 0.6 is 27.5 Å². The van der Waals surface area contributed by atoms with Crippen LogP contribution < -0.4 is 5.32 Å². The third-order valence-electron chi connectivity index (χ3n) is 3.86. The minimum atomic E-state index is -0.228. The van der Waals surface area contributed by atoms with E-state index in [2.05, 4.69) is 40.9 Å². The summed E-state index contributed by atoms with van der Waals surface area (Å²) >= 11 is 4.53. The molecule has 0 saturated heterocycles. The fourth-order valence-corrected chi connectivity index (χ4v) is 3.32. The zero-order chi connectivity index (χ0) is 18.8. The molecule has 0 bridgehead atoms. The minimum Gasteiger partial charge on any atom is -0.297 e. The van der Waals surface area contributed by atoms with Crippen molar-refractivity contribution in [3.8, 4) is 17.2 Å². The van der Waals surface area contributed by atoms with Gasteiger partial charge in [-0.1, -0.05) is 39.3 Å². The first-order valence-electron chi connectivity index (χ1n) is 8.00. The lowest BCUT2D eigenvalue weighted by molar-refractivity contribution is 0.102. The lowest BCUT2D eigenvalue weighted by Gasteiger charge is -2.03. The van der Waals surface area contributed by atoms with E-state index >= 15 is 0 Å². The second kappa shape index (κ2) is 7.37. The molecular weight excluding hydrogens is 428 g/mol. The highest BCUT2D eigenvalue weighted by Gasteiger charge is 2.17. The van der Waals surface area contributed by atoms with E-state index in [-0.39, 0.29) is 5.91 Å². The van der Waals surface area contributed by atoms with Crippen LogP contribution in [0.25, 0.3) is 17.2 Å². The lowest BCUT2D eigenvalue weighted by Crippen LogP contribution is -2.11. The first kappa shape index (κ1) is 17.5. The normalized spacial score (nSPS) is 10.7. The van der Waals surface area contributed by atoms with Crippen molar-refractivity contribution in [2.24, 2.45) is 0 Å². The van der Waals surface area contributed by atoms with E-state index in [1.807, 2.05) is 49.4 Å². The van der Waals surface area contributed by atoms with Crippen LogP contribution in [0.4, 0.5) is 5.13 Å². The van der Waals surface area contributed by atoms with Crippen LogP contribution in [0.15, 0.2) is 59.1 Å². The molecule has 0 unspecified atom stereocenters. The number of rotatable bonds is 4. The van der Waals surface area contributed by atoms with Crippen LogP contribution in [0, 0.1) is 6.92 Å². The summed E-state index contributed by atoms with van der Waals surface area (Å²) < 4.78 is 7.02. The Kier molecular flexibility index (Phi) is 4.78. The van der Waals surface area contributed by atoms with E-state index in [0.717, 1.165) is 27.4 Å². The Hall–Kier alpha value is -2.91. The van der Waals surface area contributed by atoms with Gasteiger partial charge in [-0.2, -0.15) is 9.36 Å². The lowest BCUT2D eigenvalue weighted by atomic mass is 10.2. The summed E-state index contributed by atoms with van der Waals surface area (Å²) in [6, 6.07) is 16.7. The number of amides is 1. The predicted octanol–water partition coefficient (Wildman–Crippen LogP) is 4.11. The molecule has 0 aliphatic rings. The molecule has 27 heavy (non-hydrogen) atoms. The number of aromatic nitrogens is 5. The molecule has 0 radical (unpaired) electrons. The van der Waals surface area contributed by atoms with Crippen molar-refractivity contribution in [2.45, 2.75) is 6.92 Å². The molecule has 2 aromatic carbocycles. The fraction of sp³-hybridized carbons (Fsp3) is 0.0556. The molecular formula is C18H13BrN6OS. The molecule has 1 amide bonds. The largest absolute Gasteiger partial charge is 0.297 e. The second-order valence-corrected chi connectivity index (χ2v) is 7.32. The summed E-state index contributed by atoms with van der Waals surface area (Å²) in [5.74, 6) is 0.206. The van der Waals surface area contributed by atoms with Crippen molar-refractivity contribution in [1.82, 2.24) is 24.4 Å². The summed E-state index contributed by atoms with van der Waals surface area (Å²) in [5, 5.41) is 11.6. The highest BCUT2D eigenvalue weighted by atomic mass is 79.9. The van der Waals surface area contributed by atoms with Gasteiger partial charge in [-0.25, -0.2) is 4.68 Å². The molecule has 0 saturated carbocycles. The Labute approximate surface area is 167 Å². The highest BCUT2D eigenvalue weighted by Crippen LogP contribution is 2.24. The maximum Gasteiger partial charge on any atom is 0.257 e. The molecule has 0 aliphatic carbocycles. The van der Waals surface area contributed by atoms with Gasteiger partial charge in [-0.15, -0.1) is 5.10 Å². The number of hydrogen-bond donors (Lipinski definition) is 1. The van der Waals surface area contributed by atoms with Gasteiger partial charge in [0.1, 0.15) is 0 Å². The monoisotopic (exact) mass is 440 g/mol. The number of nitrogens with one attached hydrogen (secondary N) is 1. The molecule has 9 heteroatoms. The zero-order valence-electron chi connectivity index (χ0n) is 14.1. The maximum absolute atomic E-state index is 12.2. The summed E-state index contributed by atoms with van der Waals surface area (Å²) in [6.07, 6.45) is 0. The smallest absolute Gasteiger partial charge is 0.257 e. The van der Waals surface area contributed by atoms with Crippen molar-refractivity contribution in [3.05, 3.63) is 70.3 Å². The summed E-state index contributed by atoms with van der Waals surface area (Å²) in [7, 11) is 0. The zero-order valence-corrected chi connectivity index (χ0v) is 16.5. The van der Waals surface area contributed by atoms with Crippen LogP contribution in [0.2, 0.25) is 0 Å². The molecule has 1 N–H and O–H groups in total. The standard InChI is InChI=1S/C18H13BrN6OS/c1-11-15(22-24-25(11)14-9-7-13(19)8-10-14)16-20-18(27-23-16)21-17(26)12-5-3-2-4-6-12/h2-10H,1H3,(H,20,21,23,26). The molecule has 0 fully saturated rings. The first-order valence-corrected chi connectivity index (χ1v) is 9.57. The third kappa shape index (κ3) is 3.64. The highest BCUT2D eigenvalue weighted by molar-refractivity contribution is 9.10. The van der Waals surface area contributed by atoms with E-state index < -0.39 is 0 Å². The summed E-state index contributed by atoms with van der Waals surface area (Å²) in [4.78, 5) is 16.6. The number of carbonyl (C=O) groups is 1. The SMILES string of the molecule is Cc1c(-c2nsc(NC(=O)c3ccccc3)n2)nnn1-c1ccc(Br)cc1. The fourth-order valence-electron chi connectivity index (χ4n) is 2.49. The van der Waals surface area contributed by atoms with Crippen LogP contribution in [0.3, 0.4) is 0 Å². The van der Waals surface area contributed by atoms with Crippen molar-refractivity contribution < 1.29 is 4.79 Å². The van der Waals surface area contributed by atoms with Crippen LogP contribution in [0.1, 0.15) is 16.1 Å². The minimum absolute atomic E-state index is 0.228.